The van der Waals surface area contributed by atoms with Crippen LogP contribution in [0.1, 0.15) is 36.4 Å². The van der Waals surface area contributed by atoms with Crippen molar-refractivity contribution in [2.45, 2.75) is 32.2 Å². The molecule has 0 saturated carbocycles. The molecule has 2 heteroatoms. The molecule has 0 aromatic heterocycles. The van der Waals surface area contributed by atoms with Crippen LogP contribution in [0.4, 0.5) is 0 Å². The fourth-order valence-electron chi connectivity index (χ4n) is 2.72. The van der Waals surface area contributed by atoms with Crippen LogP contribution < -0.4 is 5.32 Å². The number of likely N-dealkylation sites (N-methyl/N-ethyl adjacent to an activating group) is 1. The highest BCUT2D eigenvalue weighted by atomic mass is 15.1. The largest absolute Gasteiger partial charge is 0.312 e. The third-order valence-corrected chi connectivity index (χ3v) is 3.80. The fourth-order valence-corrected chi connectivity index (χ4v) is 2.72. The standard InChI is InChI=1S/C15H24N2/c1-13-8-4-5-9-14(13)15(16-2)12-17-10-6-3-7-11-17/h4-5,8-9,15-16H,3,6-7,10-12H2,1-2H3. The van der Waals surface area contributed by atoms with E-state index in [4.69, 9.17) is 0 Å². The summed E-state index contributed by atoms with van der Waals surface area (Å²) in [5.41, 5.74) is 2.84. The van der Waals surface area contributed by atoms with Gasteiger partial charge in [-0.25, -0.2) is 0 Å². The third kappa shape index (κ3) is 3.30. The van der Waals surface area contributed by atoms with E-state index in [1.54, 1.807) is 0 Å². The van der Waals surface area contributed by atoms with Gasteiger partial charge in [-0.05, 0) is 51.0 Å². The summed E-state index contributed by atoms with van der Waals surface area (Å²) in [6.45, 7) is 5.88. The summed E-state index contributed by atoms with van der Waals surface area (Å²) in [6.07, 6.45) is 4.14. The van der Waals surface area contributed by atoms with Crippen LogP contribution in [0.15, 0.2) is 24.3 Å². The zero-order valence-electron chi connectivity index (χ0n) is 11.1. The highest BCUT2D eigenvalue weighted by Crippen LogP contribution is 2.20. The first kappa shape index (κ1) is 12.6. The van der Waals surface area contributed by atoms with Gasteiger partial charge in [0.1, 0.15) is 0 Å². The molecule has 2 rings (SSSR count). The van der Waals surface area contributed by atoms with E-state index in [9.17, 15) is 0 Å². The Hall–Kier alpha value is -0.860. The number of hydrogen-bond acceptors (Lipinski definition) is 2. The van der Waals surface area contributed by atoms with E-state index in [1.807, 2.05) is 0 Å². The molecule has 17 heavy (non-hydrogen) atoms. The van der Waals surface area contributed by atoms with Crippen LogP contribution in [0.5, 0.6) is 0 Å². The van der Waals surface area contributed by atoms with Crippen LogP contribution in [-0.2, 0) is 0 Å². The Morgan fingerprint density at radius 1 is 1.18 bits per heavy atom. The molecule has 1 aliphatic heterocycles. The van der Waals surface area contributed by atoms with E-state index in [0.717, 1.165) is 6.54 Å². The molecular formula is C15H24N2. The Kier molecular flexibility index (Phi) is 4.57. The maximum atomic E-state index is 3.46. The van der Waals surface area contributed by atoms with Crippen molar-refractivity contribution in [1.82, 2.24) is 10.2 Å². The van der Waals surface area contributed by atoms with Crippen molar-refractivity contribution >= 4 is 0 Å². The van der Waals surface area contributed by atoms with Crippen molar-refractivity contribution in [3.8, 4) is 0 Å². The molecule has 1 atom stereocenters. The summed E-state index contributed by atoms with van der Waals surface area (Å²) in [4.78, 5) is 2.59. The second kappa shape index (κ2) is 6.18. The van der Waals surface area contributed by atoms with Crippen molar-refractivity contribution in [2.24, 2.45) is 0 Å². The second-order valence-electron chi connectivity index (χ2n) is 5.06. The molecule has 1 heterocycles. The van der Waals surface area contributed by atoms with Gasteiger partial charge >= 0.3 is 0 Å². The summed E-state index contributed by atoms with van der Waals surface area (Å²) in [5, 5.41) is 3.46. The molecule has 2 nitrogen and oxygen atoms in total. The summed E-state index contributed by atoms with van der Waals surface area (Å²) in [6, 6.07) is 9.18. The lowest BCUT2D eigenvalue weighted by Crippen LogP contribution is -2.37. The lowest BCUT2D eigenvalue weighted by molar-refractivity contribution is 0.208. The van der Waals surface area contributed by atoms with E-state index in [1.165, 1.54) is 43.5 Å². The number of benzene rings is 1. The zero-order chi connectivity index (χ0) is 12.1. The molecular weight excluding hydrogens is 208 g/mol. The summed E-state index contributed by atoms with van der Waals surface area (Å²) in [5.74, 6) is 0. The molecule has 0 bridgehead atoms. The minimum Gasteiger partial charge on any atom is -0.312 e. The summed E-state index contributed by atoms with van der Waals surface area (Å²) < 4.78 is 0. The van der Waals surface area contributed by atoms with Crippen molar-refractivity contribution in [2.75, 3.05) is 26.7 Å². The van der Waals surface area contributed by atoms with E-state index >= 15 is 0 Å². The first-order valence-electron chi connectivity index (χ1n) is 6.76. The van der Waals surface area contributed by atoms with E-state index < -0.39 is 0 Å². The van der Waals surface area contributed by atoms with Gasteiger partial charge in [0, 0.05) is 12.6 Å². The van der Waals surface area contributed by atoms with E-state index in [0.29, 0.717) is 6.04 Å². The monoisotopic (exact) mass is 232 g/mol. The molecule has 1 N–H and O–H groups in total. The van der Waals surface area contributed by atoms with Crippen molar-refractivity contribution < 1.29 is 0 Å². The van der Waals surface area contributed by atoms with E-state index in [-0.39, 0.29) is 0 Å². The van der Waals surface area contributed by atoms with Crippen LogP contribution in [0, 0.1) is 6.92 Å². The predicted octanol–water partition coefficient (Wildman–Crippen LogP) is 2.74. The lowest BCUT2D eigenvalue weighted by atomic mass is 10.00. The Balaban J connectivity index is 2.03. The van der Waals surface area contributed by atoms with Gasteiger partial charge < -0.3 is 10.2 Å². The number of hydrogen-bond donors (Lipinski definition) is 1. The maximum absolute atomic E-state index is 3.46. The van der Waals surface area contributed by atoms with Gasteiger partial charge in [-0.15, -0.1) is 0 Å². The summed E-state index contributed by atoms with van der Waals surface area (Å²) in [7, 11) is 2.07. The molecule has 0 aliphatic carbocycles. The van der Waals surface area contributed by atoms with Crippen molar-refractivity contribution in [3.05, 3.63) is 35.4 Å². The Morgan fingerprint density at radius 2 is 1.88 bits per heavy atom. The SMILES string of the molecule is CNC(CN1CCCCC1)c1ccccc1C. The van der Waals surface area contributed by atoms with Gasteiger partial charge in [-0.1, -0.05) is 30.7 Å². The smallest absolute Gasteiger partial charge is 0.0449 e. The number of nitrogens with one attached hydrogen (secondary N) is 1. The van der Waals surface area contributed by atoms with Gasteiger partial charge in [0.2, 0.25) is 0 Å². The molecule has 1 aliphatic rings. The number of nitrogens with zero attached hydrogens (tertiary/aromatic N) is 1. The predicted molar refractivity (Wildman–Crippen MR) is 73.3 cm³/mol. The average Bonchev–Trinajstić information content (AvgIpc) is 2.38. The average molecular weight is 232 g/mol. The third-order valence-electron chi connectivity index (χ3n) is 3.80. The molecule has 1 aromatic carbocycles. The zero-order valence-corrected chi connectivity index (χ0v) is 11.1. The number of likely N-dealkylation sites (tertiary alicyclic amines) is 1. The quantitative estimate of drug-likeness (QED) is 0.858. The van der Waals surface area contributed by atoms with Crippen LogP contribution in [-0.4, -0.2) is 31.6 Å². The van der Waals surface area contributed by atoms with Gasteiger partial charge in [0.05, 0.1) is 0 Å². The number of rotatable bonds is 4. The molecule has 1 unspecified atom stereocenters. The normalized spacial score (nSPS) is 19.2. The van der Waals surface area contributed by atoms with Gasteiger partial charge in [-0.3, -0.25) is 0 Å². The molecule has 1 saturated heterocycles. The van der Waals surface area contributed by atoms with Gasteiger partial charge in [0.25, 0.3) is 0 Å². The topological polar surface area (TPSA) is 15.3 Å². The molecule has 0 radical (unpaired) electrons. The highest BCUT2D eigenvalue weighted by Gasteiger charge is 2.17. The van der Waals surface area contributed by atoms with Crippen molar-refractivity contribution in [1.29, 1.82) is 0 Å². The Morgan fingerprint density at radius 3 is 2.53 bits per heavy atom. The van der Waals surface area contributed by atoms with E-state index in [2.05, 4.69) is 48.5 Å². The Labute approximate surface area is 105 Å². The van der Waals surface area contributed by atoms with Crippen LogP contribution >= 0.6 is 0 Å². The number of piperidine rings is 1. The van der Waals surface area contributed by atoms with Crippen LogP contribution in [0.25, 0.3) is 0 Å². The molecule has 0 amide bonds. The summed E-state index contributed by atoms with van der Waals surface area (Å²) >= 11 is 0. The fraction of sp³-hybridized carbons (Fsp3) is 0.600. The minimum atomic E-state index is 0.467. The molecule has 94 valence electrons. The molecule has 0 spiro atoms. The van der Waals surface area contributed by atoms with Crippen LogP contribution in [0.3, 0.4) is 0 Å². The number of aryl methyl sites for hydroxylation is 1. The molecule has 1 aromatic rings. The van der Waals surface area contributed by atoms with Gasteiger partial charge in [0.15, 0.2) is 0 Å². The van der Waals surface area contributed by atoms with Gasteiger partial charge in [-0.2, -0.15) is 0 Å². The first-order chi connectivity index (χ1) is 8.31. The van der Waals surface area contributed by atoms with Crippen LogP contribution in [0.2, 0.25) is 0 Å². The maximum Gasteiger partial charge on any atom is 0.0449 e. The van der Waals surface area contributed by atoms with Crippen molar-refractivity contribution in [3.63, 3.8) is 0 Å². The molecule has 1 fully saturated rings. The Bertz CT molecular complexity index is 343. The second-order valence-corrected chi connectivity index (χ2v) is 5.06. The lowest BCUT2D eigenvalue weighted by Gasteiger charge is -2.31. The highest BCUT2D eigenvalue weighted by molar-refractivity contribution is 5.28. The first-order valence-corrected chi connectivity index (χ1v) is 6.76. The minimum absolute atomic E-state index is 0.467.